The molecule has 0 aliphatic rings. The van der Waals surface area contributed by atoms with Gasteiger partial charge in [0.25, 0.3) is 0 Å². The molecule has 0 saturated carbocycles. The van der Waals surface area contributed by atoms with E-state index < -0.39 is 14.0 Å². The largest absolute Gasteiger partial charge is 0.510 e. The molecule has 0 aromatic carbocycles. The van der Waals surface area contributed by atoms with Crippen LogP contribution in [-0.2, 0) is 9.09 Å². The molecule has 2 unspecified atom stereocenters. The summed E-state index contributed by atoms with van der Waals surface area (Å²) in [7, 11) is -4.85. The number of rotatable bonds is 13. The van der Waals surface area contributed by atoms with Crippen molar-refractivity contribution in [3.8, 4) is 0 Å². The summed E-state index contributed by atoms with van der Waals surface area (Å²) in [5.74, 6) is 0.0558. The molecule has 0 rings (SSSR count). The average molecular weight is 310 g/mol. The molecule has 122 valence electrons. The smallest absolute Gasteiger partial charge is 0.299 e. The van der Waals surface area contributed by atoms with Gasteiger partial charge >= 0.3 is 7.91 Å². The van der Waals surface area contributed by atoms with E-state index in [1.54, 1.807) is 0 Å². The molecule has 5 heteroatoms. The van der Waals surface area contributed by atoms with Gasteiger partial charge in [0.1, 0.15) is 0 Å². The lowest BCUT2D eigenvalue weighted by Crippen LogP contribution is -2.17. The highest BCUT2D eigenvalue weighted by molar-refractivity contribution is 7.46. The van der Waals surface area contributed by atoms with Crippen molar-refractivity contribution in [2.45, 2.75) is 91.1 Å². The second kappa shape index (κ2) is 11.7. The van der Waals surface area contributed by atoms with Crippen molar-refractivity contribution in [3.63, 3.8) is 0 Å². The Labute approximate surface area is 124 Å². The van der Waals surface area contributed by atoms with Crippen LogP contribution in [-0.4, -0.2) is 11.0 Å². The fourth-order valence-corrected chi connectivity index (χ4v) is 3.01. The summed E-state index contributed by atoms with van der Waals surface area (Å²) in [4.78, 5) is 8.65. The molecule has 0 radical (unpaired) electrons. The van der Waals surface area contributed by atoms with Gasteiger partial charge in [0, 0.05) is 0 Å². The van der Waals surface area contributed by atoms with Crippen LogP contribution >= 0.6 is 7.91 Å². The SMILES string of the molecule is CCCCCCCCCCCC(OP(=O)(O)F)C(C)C. The molecule has 0 bridgehead atoms. The van der Waals surface area contributed by atoms with Crippen molar-refractivity contribution in [2.75, 3.05) is 0 Å². The van der Waals surface area contributed by atoms with Gasteiger partial charge in [-0.05, 0) is 12.3 Å². The summed E-state index contributed by atoms with van der Waals surface area (Å²) in [5, 5.41) is 0. The van der Waals surface area contributed by atoms with E-state index in [2.05, 4.69) is 11.4 Å². The number of hydrogen-bond acceptors (Lipinski definition) is 2. The van der Waals surface area contributed by atoms with Gasteiger partial charge in [0.15, 0.2) is 0 Å². The van der Waals surface area contributed by atoms with E-state index in [-0.39, 0.29) is 5.92 Å². The third-order valence-electron chi connectivity index (χ3n) is 3.60. The molecule has 0 spiro atoms. The predicted octanol–water partition coefficient (Wildman–Crippen LogP) is 6.02. The third-order valence-corrected chi connectivity index (χ3v) is 4.13. The summed E-state index contributed by atoms with van der Waals surface area (Å²) < 4.78 is 27.9. The third kappa shape index (κ3) is 13.1. The molecular formula is C15H32FO3P. The molecule has 20 heavy (non-hydrogen) atoms. The van der Waals surface area contributed by atoms with Gasteiger partial charge in [-0.3, -0.25) is 9.42 Å². The zero-order valence-corrected chi connectivity index (χ0v) is 14.2. The van der Waals surface area contributed by atoms with Gasteiger partial charge < -0.3 is 0 Å². The lowest BCUT2D eigenvalue weighted by atomic mass is 10.00. The Balaban J connectivity index is 3.57. The monoisotopic (exact) mass is 310 g/mol. The van der Waals surface area contributed by atoms with Crippen LogP contribution in [0.15, 0.2) is 0 Å². The first kappa shape index (κ1) is 20.1. The number of hydrogen-bond donors (Lipinski definition) is 1. The van der Waals surface area contributed by atoms with Crippen LogP contribution in [0.2, 0.25) is 0 Å². The summed E-state index contributed by atoms with van der Waals surface area (Å²) in [6.07, 6.45) is 11.2. The van der Waals surface area contributed by atoms with Gasteiger partial charge in [-0.25, -0.2) is 4.57 Å². The van der Waals surface area contributed by atoms with Crippen LogP contribution in [0.3, 0.4) is 0 Å². The molecule has 1 N–H and O–H groups in total. The molecule has 0 amide bonds. The quantitative estimate of drug-likeness (QED) is 0.334. The van der Waals surface area contributed by atoms with Crippen molar-refractivity contribution in [1.82, 2.24) is 0 Å². The lowest BCUT2D eigenvalue weighted by Gasteiger charge is -2.20. The molecule has 0 aromatic rings. The molecule has 0 aliphatic carbocycles. The predicted molar refractivity (Wildman–Crippen MR) is 82.5 cm³/mol. The van der Waals surface area contributed by atoms with Crippen LogP contribution in [0.25, 0.3) is 0 Å². The van der Waals surface area contributed by atoms with Crippen LogP contribution in [0, 0.1) is 5.92 Å². The topological polar surface area (TPSA) is 46.5 Å². The molecule has 3 nitrogen and oxygen atoms in total. The summed E-state index contributed by atoms with van der Waals surface area (Å²) in [6, 6.07) is 0. The molecule has 0 fully saturated rings. The Morgan fingerprint density at radius 1 is 1.00 bits per heavy atom. The zero-order chi connectivity index (χ0) is 15.4. The van der Waals surface area contributed by atoms with E-state index in [0.29, 0.717) is 6.42 Å². The van der Waals surface area contributed by atoms with E-state index in [1.165, 1.54) is 44.9 Å². The lowest BCUT2D eigenvalue weighted by molar-refractivity contribution is 0.104. The first-order valence-electron chi connectivity index (χ1n) is 8.07. The van der Waals surface area contributed by atoms with Crippen molar-refractivity contribution in [2.24, 2.45) is 5.92 Å². The minimum absolute atomic E-state index is 0.0558. The Bertz CT molecular complexity index is 266. The van der Waals surface area contributed by atoms with E-state index in [1.807, 2.05) is 13.8 Å². The summed E-state index contributed by atoms with van der Waals surface area (Å²) >= 11 is 0. The van der Waals surface area contributed by atoms with Crippen molar-refractivity contribution < 1.29 is 18.2 Å². The standard InChI is InChI=1S/C15H32FO3P/c1-4-5-6-7-8-9-10-11-12-13-15(14(2)3)19-20(16,17)18/h14-15H,4-13H2,1-3H3,(H,17,18). The minimum Gasteiger partial charge on any atom is -0.299 e. The van der Waals surface area contributed by atoms with E-state index in [9.17, 15) is 8.76 Å². The van der Waals surface area contributed by atoms with Gasteiger partial charge in [0.2, 0.25) is 0 Å². The maximum absolute atomic E-state index is 12.7. The first-order valence-corrected chi connectivity index (χ1v) is 9.54. The molecule has 0 aromatic heterocycles. The highest BCUT2D eigenvalue weighted by Crippen LogP contribution is 2.46. The van der Waals surface area contributed by atoms with Crippen molar-refractivity contribution in [3.05, 3.63) is 0 Å². The van der Waals surface area contributed by atoms with Crippen LogP contribution < -0.4 is 0 Å². The molecule has 0 heterocycles. The second-order valence-corrected chi connectivity index (χ2v) is 7.07. The van der Waals surface area contributed by atoms with Gasteiger partial charge in [-0.15, -0.1) is 4.20 Å². The maximum Gasteiger partial charge on any atom is 0.510 e. The maximum atomic E-state index is 12.7. The Morgan fingerprint density at radius 2 is 1.45 bits per heavy atom. The van der Waals surface area contributed by atoms with Crippen molar-refractivity contribution in [1.29, 1.82) is 0 Å². The minimum atomic E-state index is -4.85. The second-order valence-electron chi connectivity index (χ2n) is 5.96. The Hall–Kier alpha value is 0.0800. The van der Waals surface area contributed by atoms with Crippen LogP contribution in [0.5, 0.6) is 0 Å². The number of halogens is 1. The van der Waals surface area contributed by atoms with E-state index >= 15 is 0 Å². The van der Waals surface area contributed by atoms with E-state index in [0.717, 1.165) is 12.8 Å². The van der Waals surface area contributed by atoms with Crippen LogP contribution in [0.1, 0.15) is 85.0 Å². The molecule has 0 saturated heterocycles. The fourth-order valence-electron chi connectivity index (χ4n) is 2.33. The van der Waals surface area contributed by atoms with E-state index in [4.69, 9.17) is 4.89 Å². The highest BCUT2D eigenvalue weighted by Gasteiger charge is 2.26. The Kier molecular flexibility index (Phi) is 11.8. The molecule has 2 atom stereocenters. The van der Waals surface area contributed by atoms with Gasteiger partial charge in [0.05, 0.1) is 6.10 Å². The normalized spacial score (nSPS) is 16.3. The first-order chi connectivity index (χ1) is 9.37. The summed E-state index contributed by atoms with van der Waals surface area (Å²) in [5.41, 5.74) is 0. The molecule has 0 aliphatic heterocycles. The highest BCUT2D eigenvalue weighted by atomic mass is 31.2. The fraction of sp³-hybridized carbons (Fsp3) is 1.00. The van der Waals surface area contributed by atoms with Gasteiger partial charge in [-0.1, -0.05) is 78.6 Å². The Morgan fingerprint density at radius 3 is 1.85 bits per heavy atom. The molecular weight excluding hydrogens is 278 g/mol. The number of unbranched alkanes of at least 4 members (excludes halogenated alkanes) is 8. The van der Waals surface area contributed by atoms with Gasteiger partial charge in [-0.2, -0.15) is 0 Å². The van der Waals surface area contributed by atoms with Crippen molar-refractivity contribution >= 4 is 7.91 Å². The summed E-state index contributed by atoms with van der Waals surface area (Å²) in [6.45, 7) is 5.98. The average Bonchev–Trinajstić information content (AvgIpc) is 2.33. The zero-order valence-electron chi connectivity index (χ0n) is 13.3. The van der Waals surface area contributed by atoms with Crippen LogP contribution in [0.4, 0.5) is 4.20 Å².